The number of ether oxygens (including phenoxy) is 1. The number of aromatic nitrogens is 5. The van der Waals surface area contributed by atoms with Gasteiger partial charge in [-0.2, -0.15) is 9.97 Å². The number of terminal acetylenes is 1. The summed E-state index contributed by atoms with van der Waals surface area (Å²) < 4.78 is 53.0. The fourth-order valence-electron chi connectivity index (χ4n) is 7.33. The van der Waals surface area contributed by atoms with Crippen molar-refractivity contribution in [3.8, 4) is 35.4 Å². The number of carbonyl (C=O) groups excluding carboxylic acids is 1. The summed E-state index contributed by atoms with van der Waals surface area (Å²) >= 11 is 0. The van der Waals surface area contributed by atoms with E-state index in [-0.39, 0.29) is 82.2 Å². The Hall–Kier alpha value is -5.97. The van der Waals surface area contributed by atoms with Gasteiger partial charge >= 0.3 is 6.01 Å². The highest BCUT2D eigenvalue weighted by Crippen LogP contribution is 2.39. The first-order valence-corrected chi connectivity index (χ1v) is 16.8. The van der Waals surface area contributed by atoms with E-state index >= 15 is 4.39 Å². The summed E-state index contributed by atoms with van der Waals surface area (Å²) in [5, 5.41) is 11.4. The van der Waals surface area contributed by atoms with Crippen molar-refractivity contribution < 1.29 is 27.8 Å². The van der Waals surface area contributed by atoms with E-state index in [1.54, 1.807) is 40.2 Å². The van der Waals surface area contributed by atoms with E-state index in [0.29, 0.717) is 24.4 Å². The molecule has 11 nitrogen and oxygen atoms in total. The Kier molecular flexibility index (Phi) is 9.04. The lowest BCUT2D eigenvalue weighted by molar-refractivity contribution is -0.126. The van der Waals surface area contributed by atoms with E-state index in [1.165, 1.54) is 36.5 Å². The highest BCUT2D eigenvalue weighted by atomic mass is 19.1. The van der Waals surface area contributed by atoms with Gasteiger partial charge in [0.2, 0.25) is 11.9 Å². The van der Waals surface area contributed by atoms with Gasteiger partial charge in [0.15, 0.2) is 5.82 Å². The van der Waals surface area contributed by atoms with Crippen LogP contribution in [0.4, 0.5) is 24.9 Å². The zero-order chi connectivity index (χ0) is 36.7. The van der Waals surface area contributed by atoms with Crippen LogP contribution in [0.3, 0.4) is 0 Å². The topological polar surface area (TPSA) is 121 Å². The SMILES string of the molecule is C#Cc1c(F)ccc2cc(O)cc(-c3ncc4c(N(C)C[C@@H]5CCCN5C(=O)C=C)nc(OC[C@]5(C)C[C@@H](F)CN5c5ncccn5)nc4c3F)c12. The molecule has 0 spiro atoms. The van der Waals surface area contributed by atoms with Gasteiger partial charge in [-0.1, -0.05) is 18.6 Å². The molecule has 5 aromatic rings. The van der Waals surface area contributed by atoms with Gasteiger partial charge in [0, 0.05) is 62.1 Å². The number of carbonyl (C=O) groups is 1. The highest BCUT2D eigenvalue weighted by Gasteiger charge is 2.45. The van der Waals surface area contributed by atoms with Gasteiger partial charge in [-0.15, -0.1) is 6.42 Å². The second kappa shape index (κ2) is 13.6. The third-order valence-electron chi connectivity index (χ3n) is 9.78. The van der Waals surface area contributed by atoms with Gasteiger partial charge in [0.1, 0.15) is 41.4 Å². The Labute approximate surface area is 297 Å². The van der Waals surface area contributed by atoms with E-state index in [0.717, 1.165) is 12.8 Å². The monoisotopic (exact) mass is 708 g/mol. The Morgan fingerprint density at radius 1 is 1.23 bits per heavy atom. The molecule has 14 heteroatoms. The number of amides is 1. The first-order chi connectivity index (χ1) is 25.0. The average molecular weight is 709 g/mol. The minimum absolute atomic E-state index is 0.0551. The molecule has 2 aliphatic heterocycles. The second-order valence-corrected chi connectivity index (χ2v) is 13.3. The smallest absolute Gasteiger partial charge is 0.319 e. The summed E-state index contributed by atoms with van der Waals surface area (Å²) in [4.78, 5) is 40.1. The predicted octanol–water partition coefficient (Wildman–Crippen LogP) is 5.60. The molecular weight excluding hydrogens is 673 g/mol. The summed E-state index contributed by atoms with van der Waals surface area (Å²) in [6.45, 7) is 6.33. The Morgan fingerprint density at radius 3 is 2.77 bits per heavy atom. The lowest BCUT2D eigenvalue weighted by atomic mass is 9.96. The number of likely N-dealkylation sites (N-methyl/N-ethyl adjacent to an activating group) is 1. The summed E-state index contributed by atoms with van der Waals surface area (Å²) in [5.74, 6) is 0.983. The number of aromatic hydroxyl groups is 1. The number of halogens is 3. The maximum Gasteiger partial charge on any atom is 0.319 e. The van der Waals surface area contributed by atoms with Crippen molar-refractivity contribution in [1.29, 1.82) is 0 Å². The average Bonchev–Trinajstić information content (AvgIpc) is 3.73. The standard InChI is InChI=1S/C38H35F3N8O3/c1-5-26-29(40)11-10-22-15-25(50)16-27(31(22)26)33-32(41)34-28(18-44-33)35(47(4)20-24-9-7-14-48(24)30(51)6-2)46-37(45-34)52-21-38(3)17-23(39)19-49(38)36-42-12-8-13-43-36/h1,6,8,10-13,15-16,18,23-24,50H,2,7,9,14,17,19-21H2,3-4H3/t23-,24+,38+/m1/s1. The molecule has 0 aliphatic carbocycles. The predicted molar refractivity (Wildman–Crippen MR) is 191 cm³/mol. The fourth-order valence-corrected chi connectivity index (χ4v) is 7.33. The molecule has 1 N–H and O–H groups in total. The summed E-state index contributed by atoms with van der Waals surface area (Å²) in [7, 11) is 1.76. The molecule has 1 amide bonds. The first-order valence-electron chi connectivity index (χ1n) is 16.8. The van der Waals surface area contributed by atoms with E-state index in [1.807, 2.05) is 6.92 Å². The molecule has 3 aromatic heterocycles. The van der Waals surface area contributed by atoms with Crippen LogP contribution in [0.2, 0.25) is 0 Å². The van der Waals surface area contributed by atoms with Crippen LogP contribution in [0.5, 0.6) is 11.8 Å². The van der Waals surface area contributed by atoms with Gasteiger partial charge in [0.25, 0.3) is 0 Å². The van der Waals surface area contributed by atoms with Gasteiger partial charge in [0.05, 0.1) is 23.0 Å². The summed E-state index contributed by atoms with van der Waals surface area (Å²) in [6.07, 6.45) is 12.0. The summed E-state index contributed by atoms with van der Waals surface area (Å²) in [5.41, 5.74) is -1.35. The minimum Gasteiger partial charge on any atom is -0.508 e. The van der Waals surface area contributed by atoms with Crippen LogP contribution in [0.1, 0.15) is 31.7 Å². The Bertz CT molecular complexity index is 2250. The van der Waals surface area contributed by atoms with Crippen LogP contribution < -0.4 is 14.5 Å². The third-order valence-corrected chi connectivity index (χ3v) is 9.78. The van der Waals surface area contributed by atoms with E-state index in [9.17, 15) is 18.7 Å². The number of phenols is 1. The quantitative estimate of drug-likeness (QED) is 0.153. The molecule has 7 rings (SSSR count). The number of rotatable bonds is 9. The van der Waals surface area contributed by atoms with Crippen LogP contribution >= 0.6 is 0 Å². The largest absolute Gasteiger partial charge is 0.508 e. The van der Waals surface area contributed by atoms with Crippen LogP contribution in [0, 0.1) is 24.0 Å². The first kappa shape index (κ1) is 34.5. The van der Waals surface area contributed by atoms with Crippen LogP contribution in [0.25, 0.3) is 32.9 Å². The molecule has 2 saturated heterocycles. The summed E-state index contributed by atoms with van der Waals surface area (Å²) in [6, 6.07) is 6.59. The number of nitrogens with zero attached hydrogens (tertiary/aromatic N) is 8. The molecule has 3 atom stereocenters. The molecule has 2 aliphatic rings. The van der Waals surface area contributed by atoms with Crippen molar-refractivity contribution in [2.75, 3.05) is 43.1 Å². The molecule has 0 bridgehead atoms. The lowest BCUT2D eigenvalue weighted by Crippen LogP contribution is -2.47. The van der Waals surface area contributed by atoms with Crippen LogP contribution in [-0.2, 0) is 4.79 Å². The number of pyridine rings is 1. The number of hydrogen-bond donors (Lipinski definition) is 1. The molecule has 52 heavy (non-hydrogen) atoms. The van der Waals surface area contributed by atoms with Crippen molar-refractivity contribution in [3.05, 3.63) is 78.8 Å². The number of hydrogen-bond acceptors (Lipinski definition) is 10. The van der Waals surface area contributed by atoms with Crippen molar-refractivity contribution in [3.63, 3.8) is 0 Å². The van der Waals surface area contributed by atoms with Crippen molar-refractivity contribution >= 4 is 39.3 Å². The normalized spacial score (nSPS) is 20.0. The number of anilines is 2. The van der Waals surface area contributed by atoms with Gasteiger partial charge in [-0.05, 0) is 55.5 Å². The molecule has 2 fully saturated rings. The highest BCUT2D eigenvalue weighted by molar-refractivity contribution is 6.03. The number of likely N-dealkylation sites (tertiary alicyclic amines) is 1. The number of benzene rings is 2. The van der Waals surface area contributed by atoms with Gasteiger partial charge < -0.3 is 24.5 Å². The van der Waals surface area contributed by atoms with Crippen molar-refractivity contribution in [1.82, 2.24) is 29.8 Å². The van der Waals surface area contributed by atoms with Gasteiger partial charge in [-0.3, -0.25) is 9.78 Å². The zero-order valence-electron chi connectivity index (χ0n) is 28.6. The number of phenolic OH excluding ortho intramolecular Hbond substituents is 1. The van der Waals surface area contributed by atoms with Crippen LogP contribution in [0.15, 0.2) is 61.6 Å². The second-order valence-electron chi connectivity index (χ2n) is 13.3. The van der Waals surface area contributed by atoms with Gasteiger partial charge in [-0.25, -0.2) is 23.1 Å². The molecular formula is C38H35F3N8O3. The molecule has 0 unspecified atom stereocenters. The van der Waals surface area contributed by atoms with Crippen LogP contribution in [-0.4, -0.2) is 91.9 Å². The van der Waals surface area contributed by atoms with Crippen molar-refractivity contribution in [2.24, 2.45) is 0 Å². The molecule has 5 heterocycles. The van der Waals surface area contributed by atoms with E-state index in [4.69, 9.17) is 16.1 Å². The molecule has 266 valence electrons. The molecule has 0 saturated carbocycles. The maximum absolute atomic E-state index is 17.0. The third kappa shape index (κ3) is 6.16. The van der Waals surface area contributed by atoms with E-state index in [2.05, 4.69) is 32.4 Å². The lowest BCUT2D eigenvalue weighted by Gasteiger charge is -2.34. The fraction of sp³-hybridized carbons (Fsp3) is 0.316. The van der Waals surface area contributed by atoms with Crippen molar-refractivity contribution in [2.45, 2.75) is 43.9 Å². The zero-order valence-corrected chi connectivity index (χ0v) is 28.6. The minimum atomic E-state index is -1.18. The van der Waals surface area contributed by atoms with E-state index < -0.39 is 23.3 Å². The number of alkyl halides is 1. The Balaban J connectivity index is 1.34. The number of fused-ring (bicyclic) bond motifs is 2. The molecule has 0 radical (unpaired) electrons. The Morgan fingerprint density at radius 2 is 2.02 bits per heavy atom. The molecule has 2 aromatic carbocycles. The maximum atomic E-state index is 17.0.